The van der Waals surface area contributed by atoms with Gasteiger partial charge >= 0.3 is 5.97 Å². The van der Waals surface area contributed by atoms with Crippen molar-refractivity contribution in [2.24, 2.45) is 11.8 Å². The van der Waals surface area contributed by atoms with E-state index in [0.29, 0.717) is 12.2 Å². The Morgan fingerprint density at radius 1 is 1.07 bits per heavy atom. The number of rotatable bonds is 5. The summed E-state index contributed by atoms with van der Waals surface area (Å²) in [6.45, 7) is 0.564. The Kier molecular flexibility index (Phi) is 4.17. The third-order valence-corrected chi connectivity index (χ3v) is 5.60. The van der Waals surface area contributed by atoms with Crippen LogP contribution in [0, 0.1) is 11.8 Å². The molecule has 2 bridgehead atoms. The molecular weight excluding hydrogens is 370 g/mol. The molecule has 2 aliphatic heterocycles. The van der Waals surface area contributed by atoms with E-state index < -0.39 is 30.0 Å². The molecule has 1 aromatic heterocycles. The standard InChI is InChI=1S/C22H19N3O4/c26-21(19-17-8-9-18(29-17)20(19)22(27)28)24-15-10-23-25(12-15)11-14-6-3-5-13-4-1-2-7-16(13)14/h1-10,12,17-20H,11H2,(H,24,26)(H,27,28)/t17-,18-,19-,20-/m0/s1. The van der Waals surface area contributed by atoms with E-state index in [1.54, 1.807) is 29.2 Å². The van der Waals surface area contributed by atoms with Gasteiger partial charge in [-0.15, -0.1) is 0 Å². The molecule has 0 radical (unpaired) electrons. The van der Waals surface area contributed by atoms with E-state index >= 15 is 0 Å². The van der Waals surface area contributed by atoms with Crippen LogP contribution in [0.5, 0.6) is 0 Å². The Hall–Kier alpha value is -3.45. The first-order valence-corrected chi connectivity index (χ1v) is 9.47. The number of aromatic nitrogens is 2. The first-order valence-electron chi connectivity index (χ1n) is 9.47. The van der Waals surface area contributed by atoms with E-state index in [1.807, 2.05) is 18.2 Å². The molecule has 0 unspecified atom stereocenters. The Labute approximate surface area is 166 Å². The number of carbonyl (C=O) groups is 2. The van der Waals surface area contributed by atoms with Crippen LogP contribution in [-0.4, -0.2) is 39.0 Å². The molecule has 1 amide bonds. The highest BCUT2D eigenvalue weighted by atomic mass is 16.5. The zero-order chi connectivity index (χ0) is 20.0. The minimum Gasteiger partial charge on any atom is -0.481 e. The van der Waals surface area contributed by atoms with Crippen molar-refractivity contribution in [2.45, 2.75) is 18.8 Å². The summed E-state index contributed by atoms with van der Waals surface area (Å²) >= 11 is 0. The third kappa shape index (κ3) is 3.09. The van der Waals surface area contributed by atoms with Gasteiger partial charge in [-0.1, -0.05) is 54.6 Å². The van der Waals surface area contributed by atoms with Gasteiger partial charge in [-0.2, -0.15) is 5.10 Å². The van der Waals surface area contributed by atoms with Crippen molar-refractivity contribution in [1.29, 1.82) is 0 Å². The van der Waals surface area contributed by atoms with Gasteiger partial charge in [0, 0.05) is 6.20 Å². The SMILES string of the molecule is O=C(O)[C@@H]1[C@@H](C(=O)Nc2cnn(Cc3cccc4ccccc34)c2)[C@@H]2C=C[C@@H]1O2. The van der Waals surface area contributed by atoms with Gasteiger partial charge in [-0.3, -0.25) is 14.3 Å². The van der Waals surface area contributed by atoms with Crippen LogP contribution >= 0.6 is 0 Å². The van der Waals surface area contributed by atoms with Crippen molar-refractivity contribution in [2.75, 3.05) is 5.32 Å². The number of amides is 1. The van der Waals surface area contributed by atoms with Crippen molar-refractivity contribution in [3.05, 3.63) is 72.6 Å². The molecule has 0 aliphatic carbocycles. The number of carboxylic acid groups (broad SMARTS) is 1. The van der Waals surface area contributed by atoms with E-state index in [1.165, 1.54) is 0 Å². The number of ether oxygens (including phenoxy) is 1. The second-order valence-corrected chi connectivity index (χ2v) is 7.39. The lowest BCUT2D eigenvalue weighted by molar-refractivity contribution is -0.145. The number of carbonyl (C=O) groups excluding carboxylic acids is 1. The maximum absolute atomic E-state index is 12.7. The second kappa shape index (κ2) is 6.86. The van der Waals surface area contributed by atoms with Crippen molar-refractivity contribution in [3.8, 4) is 0 Å². The number of aliphatic carboxylic acids is 1. The van der Waals surface area contributed by atoms with Crippen LogP contribution in [0.15, 0.2) is 67.0 Å². The summed E-state index contributed by atoms with van der Waals surface area (Å²) in [5, 5.41) is 18.9. The van der Waals surface area contributed by atoms with Gasteiger partial charge in [0.05, 0.1) is 36.6 Å². The third-order valence-electron chi connectivity index (χ3n) is 5.60. The monoisotopic (exact) mass is 389 g/mol. The number of hydrogen-bond donors (Lipinski definition) is 2. The topological polar surface area (TPSA) is 93.5 Å². The van der Waals surface area contributed by atoms with Gasteiger partial charge < -0.3 is 15.2 Å². The van der Waals surface area contributed by atoms with E-state index in [4.69, 9.17) is 4.74 Å². The summed E-state index contributed by atoms with van der Waals surface area (Å²) in [6, 6.07) is 14.3. The van der Waals surface area contributed by atoms with Crippen molar-refractivity contribution < 1.29 is 19.4 Å². The van der Waals surface area contributed by atoms with Crippen LogP contribution in [0.25, 0.3) is 10.8 Å². The number of anilines is 1. The molecule has 5 rings (SSSR count). The van der Waals surface area contributed by atoms with Crippen molar-refractivity contribution in [1.82, 2.24) is 9.78 Å². The average Bonchev–Trinajstić information content (AvgIpc) is 3.44. The molecule has 7 nitrogen and oxygen atoms in total. The molecule has 1 saturated heterocycles. The summed E-state index contributed by atoms with van der Waals surface area (Å²) in [4.78, 5) is 24.3. The molecule has 4 atom stereocenters. The number of benzene rings is 2. The quantitative estimate of drug-likeness (QED) is 0.655. The highest BCUT2D eigenvalue weighted by Gasteiger charge is 2.53. The van der Waals surface area contributed by atoms with Crippen LogP contribution in [-0.2, 0) is 20.9 Å². The predicted molar refractivity (Wildman–Crippen MR) is 106 cm³/mol. The number of nitrogens with zero attached hydrogens (tertiary/aromatic N) is 2. The lowest BCUT2D eigenvalue weighted by Gasteiger charge is -2.20. The molecule has 7 heteroatoms. The minimum atomic E-state index is -1.02. The fourth-order valence-electron chi connectivity index (χ4n) is 4.26. The fourth-order valence-corrected chi connectivity index (χ4v) is 4.26. The van der Waals surface area contributed by atoms with Gasteiger partial charge in [0.2, 0.25) is 5.91 Å². The van der Waals surface area contributed by atoms with Gasteiger partial charge in [0.1, 0.15) is 5.92 Å². The van der Waals surface area contributed by atoms with E-state index in [2.05, 4.69) is 34.7 Å². The largest absolute Gasteiger partial charge is 0.481 e. The predicted octanol–water partition coefficient (Wildman–Crippen LogP) is 2.68. The molecule has 146 valence electrons. The van der Waals surface area contributed by atoms with Crippen LogP contribution in [0.2, 0.25) is 0 Å². The van der Waals surface area contributed by atoms with Gasteiger partial charge in [-0.25, -0.2) is 0 Å². The highest BCUT2D eigenvalue weighted by Crippen LogP contribution is 2.39. The highest BCUT2D eigenvalue weighted by molar-refractivity contribution is 5.96. The van der Waals surface area contributed by atoms with Gasteiger partial charge in [0.25, 0.3) is 0 Å². The Balaban J connectivity index is 1.32. The normalized spacial score (nSPS) is 24.8. The number of nitrogens with one attached hydrogen (secondary N) is 1. The first-order chi connectivity index (χ1) is 14.1. The minimum absolute atomic E-state index is 0.362. The molecule has 3 aromatic rings. The molecule has 1 fully saturated rings. The van der Waals surface area contributed by atoms with Crippen LogP contribution in [0.4, 0.5) is 5.69 Å². The summed E-state index contributed by atoms with van der Waals surface area (Å²) in [6.07, 6.45) is 5.77. The Morgan fingerprint density at radius 2 is 1.83 bits per heavy atom. The van der Waals surface area contributed by atoms with Gasteiger partial charge in [-0.05, 0) is 16.3 Å². The molecule has 2 aliphatic rings. The summed E-state index contributed by atoms with van der Waals surface area (Å²) in [5.74, 6) is -2.99. The van der Waals surface area contributed by atoms with Crippen LogP contribution < -0.4 is 5.32 Å². The lowest BCUT2D eigenvalue weighted by Crippen LogP contribution is -2.39. The zero-order valence-corrected chi connectivity index (χ0v) is 15.4. The molecule has 3 heterocycles. The zero-order valence-electron chi connectivity index (χ0n) is 15.4. The number of fused-ring (bicyclic) bond motifs is 3. The maximum Gasteiger partial charge on any atom is 0.310 e. The van der Waals surface area contributed by atoms with E-state index in [0.717, 1.165) is 16.3 Å². The molecule has 2 N–H and O–H groups in total. The molecule has 29 heavy (non-hydrogen) atoms. The van der Waals surface area contributed by atoms with Crippen molar-refractivity contribution >= 4 is 28.3 Å². The van der Waals surface area contributed by atoms with Crippen LogP contribution in [0.3, 0.4) is 0 Å². The second-order valence-electron chi connectivity index (χ2n) is 7.39. The Morgan fingerprint density at radius 3 is 2.66 bits per heavy atom. The lowest BCUT2D eigenvalue weighted by atomic mass is 9.82. The molecule has 2 aromatic carbocycles. The summed E-state index contributed by atoms with van der Waals surface area (Å²) in [5.41, 5.74) is 1.66. The van der Waals surface area contributed by atoms with Crippen LogP contribution in [0.1, 0.15) is 5.56 Å². The van der Waals surface area contributed by atoms with E-state index in [9.17, 15) is 14.7 Å². The number of hydrogen-bond acceptors (Lipinski definition) is 4. The summed E-state index contributed by atoms with van der Waals surface area (Å²) < 4.78 is 7.32. The average molecular weight is 389 g/mol. The smallest absolute Gasteiger partial charge is 0.310 e. The van der Waals surface area contributed by atoms with E-state index in [-0.39, 0.29) is 5.91 Å². The summed E-state index contributed by atoms with van der Waals surface area (Å²) in [7, 11) is 0. The Bertz CT molecular complexity index is 1130. The van der Waals surface area contributed by atoms with Gasteiger partial charge in [0.15, 0.2) is 0 Å². The molecule has 0 spiro atoms. The molecular formula is C22H19N3O4. The van der Waals surface area contributed by atoms with Crippen molar-refractivity contribution in [3.63, 3.8) is 0 Å². The number of carboxylic acids is 1. The fraction of sp³-hybridized carbons (Fsp3) is 0.227. The molecule has 0 saturated carbocycles. The first kappa shape index (κ1) is 17.6. The maximum atomic E-state index is 12.7.